The number of fused-ring (bicyclic) bond motifs is 1. The summed E-state index contributed by atoms with van der Waals surface area (Å²) in [6.07, 6.45) is 0.839. The monoisotopic (exact) mass is 571 g/mol. The van der Waals surface area contributed by atoms with Crippen LogP contribution in [0.15, 0.2) is 71.9 Å². The van der Waals surface area contributed by atoms with Crippen molar-refractivity contribution >= 4 is 64.1 Å². The number of carbonyl (C=O) groups excluding carboxylic acids is 2. The molecular formula is C26H20Cl3N5O2S. The first kappa shape index (κ1) is 25.6. The predicted molar refractivity (Wildman–Crippen MR) is 147 cm³/mol. The van der Waals surface area contributed by atoms with Crippen molar-refractivity contribution in [1.29, 1.82) is 0 Å². The highest BCUT2D eigenvalue weighted by Crippen LogP contribution is 2.30. The van der Waals surface area contributed by atoms with Gasteiger partial charge in [0.2, 0.25) is 5.91 Å². The number of nitrogens with zero attached hydrogens (tertiary/aromatic N) is 4. The topological polar surface area (TPSA) is 80.1 Å². The Hall–Kier alpha value is -3.04. The molecule has 2 heterocycles. The Bertz CT molecular complexity index is 1490. The quantitative estimate of drug-likeness (QED) is 0.282. The van der Waals surface area contributed by atoms with Gasteiger partial charge in [0.15, 0.2) is 11.0 Å². The van der Waals surface area contributed by atoms with E-state index in [-0.39, 0.29) is 28.8 Å². The van der Waals surface area contributed by atoms with Gasteiger partial charge < -0.3 is 10.2 Å². The van der Waals surface area contributed by atoms with Crippen LogP contribution in [-0.2, 0) is 17.8 Å². The molecule has 0 unspecified atom stereocenters. The van der Waals surface area contributed by atoms with E-state index in [9.17, 15) is 9.59 Å². The highest BCUT2D eigenvalue weighted by Gasteiger charge is 2.25. The van der Waals surface area contributed by atoms with Crippen LogP contribution >= 0.6 is 46.6 Å². The molecule has 1 aromatic heterocycles. The van der Waals surface area contributed by atoms with Gasteiger partial charge in [-0.3, -0.25) is 14.2 Å². The van der Waals surface area contributed by atoms with Gasteiger partial charge in [0, 0.05) is 22.3 Å². The number of amides is 2. The van der Waals surface area contributed by atoms with Crippen molar-refractivity contribution in [1.82, 2.24) is 20.1 Å². The molecule has 5 rings (SSSR count). The molecule has 0 atom stereocenters. The molecule has 0 spiro atoms. The van der Waals surface area contributed by atoms with Gasteiger partial charge in [0.1, 0.15) is 0 Å². The Morgan fingerprint density at radius 1 is 0.946 bits per heavy atom. The average Bonchev–Trinajstić information content (AvgIpc) is 3.51. The molecule has 2 amide bonds. The Morgan fingerprint density at radius 3 is 2.59 bits per heavy atom. The van der Waals surface area contributed by atoms with E-state index in [0.29, 0.717) is 33.3 Å². The van der Waals surface area contributed by atoms with Gasteiger partial charge >= 0.3 is 0 Å². The second-order valence-corrected chi connectivity index (χ2v) is 10.5. The molecule has 0 bridgehead atoms. The van der Waals surface area contributed by atoms with Gasteiger partial charge in [-0.2, -0.15) is 0 Å². The van der Waals surface area contributed by atoms with E-state index in [0.717, 1.165) is 12.1 Å². The number of para-hydroxylation sites is 1. The zero-order valence-electron chi connectivity index (χ0n) is 19.3. The first-order valence-electron chi connectivity index (χ1n) is 11.4. The van der Waals surface area contributed by atoms with Crippen molar-refractivity contribution in [2.75, 3.05) is 17.2 Å². The summed E-state index contributed by atoms with van der Waals surface area (Å²) in [5, 5.41) is 13.2. The average molecular weight is 573 g/mol. The molecule has 0 saturated carbocycles. The number of carbonyl (C=O) groups is 2. The number of hydrogen-bond donors (Lipinski definition) is 1. The first-order chi connectivity index (χ1) is 17.9. The Kier molecular flexibility index (Phi) is 7.71. The Labute approximate surface area is 232 Å². The molecule has 0 radical (unpaired) electrons. The minimum Gasteiger partial charge on any atom is -0.345 e. The van der Waals surface area contributed by atoms with Gasteiger partial charge in [-0.15, -0.1) is 10.2 Å². The van der Waals surface area contributed by atoms with Crippen LogP contribution in [0.3, 0.4) is 0 Å². The molecule has 3 aromatic carbocycles. The van der Waals surface area contributed by atoms with E-state index < -0.39 is 5.91 Å². The maximum Gasteiger partial charge on any atom is 0.253 e. The normalized spacial score (nSPS) is 12.5. The molecule has 0 fully saturated rings. The molecule has 188 valence electrons. The maximum atomic E-state index is 13.1. The van der Waals surface area contributed by atoms with E-state index >= 15 is 0 Å². The minimum atomic E-state index is -0.398. The third kappa shape index (κ3) is 5.62. The Morgan fingerprint density at radius 2 is 1.76 bits per heavy atom. The molecule has 1 aliphatic rings. The third-order valence-corrected chi connectivity index (χ3v) is 7.57. The molecular weight excluding hydrogens is 553 g/mol. The molecule has 1 N–H and O–H groups in total. The lowest BCUT2D eigenvalue weighted by molar-refractivity contribution is -0.116. The lowest BCUT2D eigenvalue weighted by Gasteiger charge is -2.17. The van der Waals surface area contributed by atoms with Crippen molar-refractivity contribution in [3.8, 4) is 5.69 Å². The van der Waals surface area contributed by atoms with E-state index in [1.807, 2.05) is 36.4 Å². The summed E-state index contributed by atoms with van der Waals surface area (Å²) < 4.78 is 1.78. The number of nitrogens with one attached hydrogen (secondary N) is 1. The van der Waals surface area contributed by atoms with Crippen molar-refractivity contribution in [3.05, 3.63) is 98.7 Å². The zero-order valence-corrected chi connectivity index (χ0v) is 22.4. The number of rotatable bonds is 7. The van der Waals surface area contributed by atoms with E-state index in [2.05, 4.69) is 15.5 Å². The molecule has 37 heavy (non-hydrogen) atoms. The molecule has 11 heteroatoms. The van der Waals surface area contributed by atoms with E-state index in [1.54, 1.807) is 33.7 Å². The number of thioether (sulfide) groups is 1. The number of halogens is 3. The van der Waals surface area contributed by atoms with Crippen LogP contribution in [0.2, 0.25) is 15.1 Å². The fourth-order valence-electron chi connectivity index (χ4n) is 4.11. The second kappa shape index (κ2) is 11.1. The molecule has 7 nitrogen and oxygen atoms in total. The number of anilines is 1. The summed E-state index contributed by atoms with van der Waals surface area (Å²) in [5.74, 6) is 0.235. The standard InChI is InChI=1S/C26H20Cl3N5O2S/c27-17-5-3-6-19(12-17)34-23(14-30-25(36)20-13-18(28)8-9-21(20)29)31-32-26(34)37-15-24(35)33-11-10-16-4-1-2-7-22(16)33/h1-9,12-13H,10-11,14-15H2,(H,30,36). The van der Waals surface area contributed by atoms with Crippen LogP contribution in [-0.4, -0.2) is 38.9 Å². The van der Waals surface area contributed by atoms with Gasteiger partial charge in [-0.1, -0.05) is 70.8 Å². The van der Waals surface area contributed by atoms with Crippen LogP contribution in [0.1, 0.15) is 21.7 Å². The highest BCUT2D eigenvalue weighted by atomic mass is 35.5. The smallest absolute Gasteiger partial charge is 0.253 e. The van der Waals surface area contributed by atoms with Crippen LogP contribution in [0, 0.1) is 0 Å². The highest BCUT2D eigenvalue weighted by molar-refractivity contribution is 7.99. The van der Waals surface area contributed by atoms with Crippen LogP contribution in [0.25, 0.3) is 5.69 Å². The van der Waals surface area contributed by atoms with Gasteiger partial charge in [-0.05, 0) is 54.4 Å². The zero-order chi connectivity index (χ0) is 25.9. The summed E-state index contributed by atoms with van der Waals surface area (Å²) >= 11 is 19.7. The molecule has 4 aromatic rings. The SMILES string of the molecule is O=C(NCc1nnc(SCC(=O)N2CCc3ccccc32)n1-c1cccc(Cl)c1)c1cc(Cl)ccc1Cl. The lowest BCUT2D eigenvalue weighted by atomic mass is 10.2. The van der Waals surface area contributed by atoms with E-state index in [4.69, 9.17) is 34.8 Å². The van der Waals surface area contributed by atoms with Gasteiger partial charge in [-0.25, -0.2) is 0 Å². The van der Waals surface area contributed by atoms with E-state index in [1.165, 1.54) is 23.4 Å². The summed E-state index contributed by atoms with van der Waals surface area (Å²) in [6.45, 7) is 0.720. The van der Waals surface area contributed by atoms with Crippen LogP contribution in [0.4, 0.5) is 5.69 Å². The Balaban J connectivity index is 1.36. The predicted octanol–water partition coefficient (Wildman–Crippen LogP) is 5.84. The third-order valence-electron chi connectivity index (χ3n) is 5.86. The summed E-state index contributed by atoms with van der Waals surface area (Å²) in [4.78, 5) is 27.6. The summed E-state index contributed by atoms with van der Waals surface area (Å²) in [6, 6.07) is 19.8. The number of aromatic nitrogens is 3. The fraction of sp³-hybridized carbons (Fsp3) is 0.154. The lowest BCUT2D eigenvalue weighted by Crippen LogP contribution is -2.30. The molecule has 1 aliphatic heterocycles. The summed E-state index contributed by atoms with van der Waals surface area (Å²) in [5.41, 5.74) is 3.09. The van der Waals surface area contributed by atoms with Crippen molar-refractivity contribution in [2.24, 2.45) is 0 Å². The maximum absolute atomic E-state index is 13.1. The molecule has 0 aliphatic carbocycles. The number of benzene rings is 3. The van der Waals surface area contributed by atoms with Crippen LogP contribution < -0.4 is 10.2 Å². The van der Waals surface area contributed by atoms with Gasteiger partial charge in [0.25, 0.3) is 5.91 Å². The van der Waals surface area contributed by atoms with Crippen molar-refractivity contribution < 1.29 is 9.59 Å². The van der Waals surface area contributed by atoms with Crippen molar-refractivity contribution in [3.63, 3.8) is 0 Å². The number of hydrogen-bond acceptors (Lipinski definition) is 5. The van der Waals surface area contributed by atoms with Gasteiger partial charge in [0.05, 0.1) is 28.6 Å². The van der Waals surface area contributed by atoms with Crippen molar-refractivity contribution in [2.45, 2.75) is 18.1 Å². The largest absolute Gasteiger partial charge is 0.345 e. The minimum absolute atomic E-state index is 0.0129. The fourth-order valence-corrected chi connectivity index (χ4v) is 5.52. The second-order valence-electron chi connectivity index (χ2n) is 8.23. The summed E-state index contributed by atoms with van der Waals surface area (Å²) in [7, 11) is 0. The van der Waals surface area contributed by atoms with Crippen LogP contribution in [0.5, 0.6) is 0 Å². The molecule has 0 saturated heterocycles. The first-order valence-corrected chi connectivity index (χ1v) is 13.5.